The Morgan fingerprint density at radius 1 is 1.17 bits per heavy atom. The summed E-state index contributed by atoms with van der Waals surface area (Å²) in [5.74, 6) is 1.65. The summed E-state index contributed by atoms with van der Waals surface area (Å²) in [4.78, 5) is 15.8. The van der Waals surface area contributed by atoms with E-state index < -0.39 is 0 Å². The Labute approximate surface area is 135 Å². The molecule has 2 N–H and O–H groups in total. The predicted molar refractivity (Wildman–Crippen MR) is 89.3 cm³/mol. The molecule has 2 rings (SSSR count). The molecular formula is C17H21N3O3. The number of aryl methyl sites for hydroxylation is 1. The number of hydrogen-bond donors (Lipinski definition) is 2. The number of nitrogens with one attached hydrogen (secondary N) is 2. The maximum atomic E-state index is 11.6. The van der Waals surface area contributed by atoms with Crippen molar-refractivity contribution in [1.82, 2.24) is 10.3 Å². The van der Waals surface area contributed by atoms with Crippen molar-refractivity contribution in [3.63, 3.8) is 0 Å². The lowest BCUT2D eigenvalue weighted by Gasteiger charge is -2.12. The zero-order valence-electron chi connectivity index (χ0n) is 13.7. The van der Waals surface area contributed by atoms with Gasteiger partial charge in [-0.1, -0.05) is 6.07 Å². The van der Waals surface area contributed by atoms with Gasteiger partial charge in [-0.05, 0) is 44.5 Å². The van der Waals surface area contributed by atoms with Gasteiger partial charge in [-0.15, -0.1) is 0 Å². The van der Waals surface area contributed by atoms with Crippen molar-refractivity contribution in [1.29, 1.82) is 0 Å². The molecular weight excluding hydrogens is 294 g/mol. The number of carbonyl (C=O) groups is 1. The second-order valence-corrected chi connectivity index (χ2v) is 5.39. The Balaban J connectivity index is 2.04. The van der Waals surface area contributed by atoms with Crippen LogP contribution in [0.5, 0.6) is 17.4 Å². The van der Waals surface area contributed by atoms with Crippen molar-refractivity contribution < 1.29 is 14.3 Å². The van der Waals surface area contributed by atoms with Crippen LogP contribution in [0.2, 0.25) is 0 Å². The number of nitrogens with zero attached hydrogens (tertiary/aromatic N) is 1. The third-order valence-corrected chi connectivity index (χ3v) is 2.95. The standard InChI is InChI=1S/C17H21N3O3/c1-11(2)19-17(21)20-13-6-8-16(18-10-13)23-14-7-5-12(3)9-15(14)22-4/h5-11H,1-4H3,(H2,19,20,21). The molecule has 1 heterocycles. The topological polar surface area (TPSA) is 72.5 Å². The third kappa shape index (κ3) is 4.88. The molecule has 1 aromatic carbocycles. The van der Waals surface area contributed by atoms with Gasteiger partial charge in [0.25, 0.3) is 0 Å². The van der Waals surface area contributed by atoms with Crippen LogP contribution < -0.4 is 20.1 Å². The van der Waals surface area contributed by atoms with Gasteiger partial charge in [0.2, 0.25) is 5.88 Å². The molecule has 0 radical (unpaired) electrons. The summed E-state index contributed by atoms with van der Waals surface area (Å²) in [6.45, 7) is 5.76. The maximum Gasteiger partial charge on any atom is 0.319 e. The number of hydrogen-bond acceptors (Lipinski definition) is 4. The van der Waals surface area contributed by atoms with Crippen LogP contribution in [0.15, 0.2) is 36.5 Å². The Morgan fingerprint density at radius 2 is 1.96 bits per heavy atom. The fourth-order valence-corrected chi connectivity index (χ4v) is 1.92. The fraction of sp³-hybridized carbons (Fsp3) is 0.294. The van der Waals surface area contributed by atoms with Crippen LogP contribution in [0.25, 0.3) is 0 Å². The van der Waals surface area contributed by atoms with Crippen molar-refractivity contribution in [2.45, 2.75) is 26.8 Å². The van der Waals surface area contributed by atoms with Crippen LogP contribution in [-0.2, 0) is 0 Å². The van der Waals surface area contributed by atoms with Crippen molar-refractivity contribution in [2.24, 2.45) is 0 Å². The molecule has 0 aliphatic heterocycles. The van der Waals surface area contributed by atoms with E-state index in [0.29, 0.717) is 23.1 Å². The second kappa shape index (κ2) is 7.49. The summed E-state index contributed by atoms with van der Waals surface area (Å²) in [7, 11) is 1.59. The van der Waals surface area contributed by atoms with Crippen LogP contribution >= 0.6 is 0 Å². The van der Waals surface area contributed by atoms with Crippen LogP contribution in [0, 0.1) is 6.92 Å². The SMILES string of the molecule is COc1cc(C)ccc1Oc1ccc(NC(=O)NC(C)C)cn1. The molecule has 0 spiro atoms. The van der Waals surface area contributed by atoms with Crippen molar-refractivity contribution in [3.8, 4) is 17.4 Å². The molecule has 0 saturated heterocycles. The van der Waals surface area contributed by atoms with E-state index in [0.717, 1.165) is 5.56 Å². The highest BCUT2D eigenvalue weighted by Crippen LogP contribution is 2.31. The van der Waals surface area contributed by atoms with E-state index in [9.17, 15) is 4.79 Å². The molecule has 0 saturated carbocycles. The van der Waals surface area contributed by atoms with E-state index in [2.05, 4.69) is 15.6 Å². The molecule has 0 atom stereocenters. The van der Waals surface area contributed by atoms with Crippen molar-refractivity contribution in [3.05, 3.63) is 42.1 Å². The summed E-state index contributed by atoms with van der Waals surface area (Å²) in [6.07, 6.45) is 1.54. The minimum atomic E-state index is -0.268. The molecule has 0 fully saturated rings. The Hall–Kier alpha value is -2.76. The molecule has 23 heavy (non-hydrogen) atoms. The van der Waals surface area contributed by atoms with Crippen LogP contribution in [0.1, 0.15) is 19.4 Å². The first-order valence-corrected chi connectivity index (χ1v) is 7.34. The van der Waals surface area contributed by atoms with Gasteiger partial charge >= 0.3 is 6.03 Å². The number of aromatic nitrogens is 1. The van der Waals surface area contributed by atoms with E-state index >= 15 is 0 Å². The highest BCUT2D eigenvalue weighted by molar-refractivity contribution is 5.89. The number of amides is 2. The zero-order valence-corrected chi connectivity index (χ0v) is 13.7. The number of rotatable bonds is 5. The molecule has 1 aromatic heterocycles. The average Bonchev–Trinajstić information content (AvgIpc) is 2.50. The predicted octanol–water partition coefficient (Wildman–Crippen LogP) is 3.72. The van der Waals surface area contributed by atoms with Gasteiger partial charge in [-0.3, -0.25) is 0 Å². The highest BCUT2D eigenvalue weighted by atomic mass is 16.5. The minimum Gasteiger partial charge on any atom is -0.493 e. The van der Waals surface area contributed by atoms with Gasteiger partial charge in [0, 0.05) is 12.1 Å². The van der Waals surface area contributed by atoms with Gasteiger partial charge in [0.05, 0.1) is 19.0 Å². The second-order valence-electron chi connectivity index (χ2n) is 5.39. The monoisotopic (exact) mass is 315 g/mol. The Kier molecular flexibility index (Phi) is 5.41. The number of urea groups is 1. The summed E-state index contributed by atoms with van der Waals surface area (Å²) >= 11 is 0. The first-order chi connectivity index (χ1) is 11.0. The smallest absolute Gasteiger partial charge is 0.319 e. The normalized spacial score (nSPS) is 10.3. The van der Waals surface area contributed by atoms with Gasteiger partial charge < -0.3 is 20.1 Å². The highest BCUT2D eigenvalue weighted by Gasteiger charge is 2.08. The molecule has 2 aromatic rings. The van der Waals surface area contributed by atoms with Crippen LogP contribution in [-0.4, -0.2) is 24.2 Å². The van der Waals surface area contributed by atoms with E-state index in [1.807, 2.05) is 39.0 Å². The number of methoxy groups -OCH3 is 1. The lowest BCUT2D eigenvalue weighted by Crippen LogP contribution is -2.34. The van der Waals surface area contributed by atoms with E-state index in [4.69, 9.17) is 9.47 Å². The van der Waals surface area contributed by atoms with Crippen molar-refractivity contribution >= 4 is 11.7 Å². The Bertz CT molecular complexity index is 669. The molecule has 6 heteroatoms. The van der Waals surface area contributed by atoms with Gasteiger partial charge in [0.15, 0.2) is 11.5 Å². The number of ether oxygens (including phenoxy) is 2. The summed E-state index contributed by atoms with van der Waals surface area (Å²) < 4.78 is 11.0. The third-order valence-electron chi connectivity index (χ3n) is 2.95. The fourth-order valence-electron chi connectivity index (χ4n) is 1.92. The van der Waals surface area contributed by atoms with E-state index in [1.54, 1.807) is 19.2 Å². The van der Waals surface area contributed by atoms with E-state index in [1.165, 1.54) is 6.20 Å². The molecule has 2 amide bonds. The number of anilines is 1. The summed E-state index contributed by atoms with van der Waals surface area (Å²) in [5, 5.41) is 5.44. The van der Waals surface area contributed by atoms with E-state index in [-0.39, 0.29) is 12.1 Å². The van der Waals surface area contributed by atoms with Crippen LogP contribution in [0.4, 0.5) is 10.5 Å². The first kappa shape index (κ1) is 16.6. The molecule has 0 aliphatic carbocycles. The van der Waals surface area contributed by atoms with Gasteiger partial charge in [-0.2, -0.15) is 0 Å². The molecule has 0 unspecified atom stereocenters. The quantitative estimate of drug-likeness (QED) is 0.882. The summed E-state index contributed by atoms with van der Waals surface area (Å²) in [5.41, 5.74) is 1.67. The largest absolute Gasteiger partial charge is 0.493 e. The number of pyridine rings is 1. The van der Waals surface area contributed by atoms with Gasteiger partial charge in [0.1, 0.15) is 0 Å². The molecule has 122 valence electrons. The van der Waals surface area contributed by atoms with Gasteiger partial charge in [-0.25, -0.2) is 9.78 Å². The molecule has 6 nitrogen and oxygen atoms in total. The first-order valence-electron chi connectivity index (χ1n) is 7.34. The lowest BCUT2D eigenvalue weighted by atomic mass is 10.2. The maximum absolute atomic E-state index is 11.6. The molecule has 0 bridgehead atoms. The number of carbonyl (C=O) groups excluding carboxylic acids is 1. The zero-order chi connectivity index (χ0) is 16.8. The van der Waals surface area contributed by atoms with Crippen LogP contribution in [0.3, 0.4) is 0 Å². The Morgan fingerprint density at radius 3 is 2.57 bits per heavy atom. The summed E-state index contributed by atoms with van der Waals surface area (Å²) in [6, 6.07) is 8.87. The molecule has 0 aliphatic rings. The average molecular weight is 315 g/mol. The van der Waals surface area contributed by atoms with Crippen molar-refractivity contribution in [2.75, 3.05) is 12.4 Å². The lowest BCUT2D eigenvalue weighted by molar-refractivity contribution is 0.250. The number of benzene rings is 1. The minimum absolute atomic E-state index is 0.0690.